The van der Waals surface area contributed by atoms with Crippen molar-refractivity contribution in [1.82, 2.24) is 0 Å². The highest BCUT2D eigenvalue weighted by Crippen LogP contribution is 2.41. The van der Waals surface area contributed by atoms with E-state index in [1.54, 1.807) is 24.3 Å². The van der Waals surface area contributed by atoms with Crippen molar-refractivity contribution in [1.29, 1.82) is 5.26 Å². The maximum absolute atomic E-state index is 13.4. The Kier molecular flexibility index (Phi) is 6.65. The molecular formula is C29H31N3O. The van der Waals surface area contributed by atoms with E-state index < -0.39 is 0 Å². The van der Waals surface area contributed by atoms with Crippen LogP contribution in [0.25, 0.3) is 5.70 Å². The van der Waals surface area contributed by atoms with E-state index >= 15 is 0 Å². The molecule has 0 bridgehead atoms. The first kappa shape index (κ1) is 24.1. The maximum atomic E-state index is 13.4. The molecule has 0 saturated carbocycles. The van der Waals surface area contributed by atoms with Gasteiger partial charge >= 0.3 is 0 Å². The van der Waals surface area contributed by atoms with Crippen LogP contribution in [-0.2, 0) is 4.79 Å². The predicted molar refractivity (Wildman–Crippen MR) is 134 cm³/mol. The van der Waals surface area contributed by atoms with Crippen molar-refractivity contribution in [3.63, 3.8) is 0 Å². The third-order valence-electron chi connectivity index (χ3n) is 5.57. The molecule has 1 aliphatic rings. The summed E-state index contributed by atoms with van der Waals surface area (Å²) in [5, 5.41) is 18.2. The number of benzene rings is 2. The minimum atomic E-state index is -0.310. The third-order valence-corrected chi connectivity index (χ3v) is 5.57. The lowest BCUT2D eigenvalue weighted by atomic mass is 9.71. The second-order valence-electron chi connectivity index (χ2n) is 10.5. The second-order valence-corrected chi connectivity index (χ2v) is 10.5. The van der Waals surface area contributed by atoms with Crippen molar-refractivity contribution in [3.8, 4) is 6.07 Å². The Balaban J connectivity index is 2.26. The van der Waals surface area contributed by atoms with Gasteiger partial charge in [0.15, 0.2) is 5.78 Å². The van der Waals surface area contributed by atoms with E-state index in [1.165, 1.54) is 0 Å². The van der Waals surface area contributed by atoms with Crippen LogP contribution in [0.15, 0.2) is 87.6 Å². The lowest BCUT2D eigenvalue weighted by molar-refractivity contribution is -0.114. The average Bonchev–Trinajstić information content (AvgIpc) is 2.74. The van der Waals surface area contributed by atoms with Gasteiger partial charge in [-0.25, -0.2) is 0 Å². The normalized spacial score (nSPS) is 14.7. The summed E-state index contributed by atoms with van der Waals surface area (Å²) in [4.78, 5) is 13.4. The summed E-state index contributed by atoms with van der Waals surface area (Å²) in [6, 6.07) is 17.3. The number of azo groups is 1. The minimum absolute atomic E-state index is 0.0889. The largest absolute Gasteiger partial charge is 0.289 e. The fourth-order valence-corrected chi connectivity index (χ4v) is 3.58. The van der Waals surface area contributed by atoms with Crippen molar-refractivity contribution in [3.05, 3.63) is 94.1 Å². The highest BCUT2D eigenvalue weighted by Gasteiger charge is 2.34. The quantitative estimate of drug-likeness (QED) is 0.458. The minimum Gasteiger partial charge on any atom is -0.289 e. The van der Waals surface area contributed by atoms with E-state index in [1.807, 2.05) is 43.3 Å². The van der Waals surface area contributed by atoms with E-state index in [0.29, 0.717) is 16.9 Å². The molecule has 0 N–H and O–H groups in total. The van der Waals surface area contributed by atoms with Gasteiger partial charge in [0.2, 0.25) is 0 Å². The Morgan fingerprint density at radius 3 is 1.79 bits per heavy atom. The summed E-state index contributed by atoms with van der Waals surface area (Å²) < 4.78 is 0. The third kappa shape index (κ3) is 5.62. The molecule has 0 fully saturated rings. The number of Topliss-reactive ketones (excluding diaryl/α,β-unsaturated/α-hetero) is 1. The Morgan fingerprint density at radius 2 is 1.33 bits per heavy atom. The Labute approximate surface area is 197 Å². The van der Waals surface area contributed by atoms with Crippen LogP contribution in [0.2, 0.25) is 0 Å². The van der Waals surface area contributed by atoms with Crippen LogP contribution in [0.3, 0.4) is 0 Å². The van der Waals surface area contributed by atoms with E-state index in [-0.39, 0.29) is 16.6 Å². The molecule has 2 aromatic rings. The summed E-state index contributed by atoms with van der Waals surface area (Å²) in [7, 11) is 0. The molecule has 0 aliphatic heterocycles. The smallest absolute Gasteiger partial charge is 0.186 e. The van der Waals surface area contributed by atoms with E-state index in [9.17, 15) is 4.79 Å². The summed E-state index contributed by atoms with van der Waals surface area (Å²) in [6.45, 7) is 14.4. The van der Waals surface area contributed by atoms with E-state index in [4.69, 9.17) is 5.26 Å². The van der Waals surface area contributed by atoms with Gasteiger partial charge in [-0.15, -0.1) is 5.11 Å². The number of carbonyl (C=O) groups excluding carboxylic acids is 1. The Hall–Kier alpha value is -3.58. The first-order valence-electron chi connectivity index (χ1n) is 11.1. The van der Waals surface area contributed by atoms with Crippen molar-refractivity contribution in [2.24, 2.45) is 21.1 Å². The number of aryl methyl sites for hydroxylation is 1. The second kappa shape index (κ2) is 9.11. The molecule has 168 valence electrons. The van der Waals surface area contributed by atoms with Crippen LogP contribution in [-0.4, -0.2) is 5.78 Å². The molecular weight excluding hydrogens is 406 g/mol. The molecule has 0 amide bonds. The van der Waals surface area contributed by atoms with Crippen LogP contribution in [0.5, 0.6) is 0 Å². The van der Waals surface area contributed by atoms with Crippen molar-refractivity contribution in [2.45, 2.75) is 48.5 Å². The van der Waals surface area contributed by atoms with Crippen LogP contribution >= 0.6 is 0 Å². The number of hydrogen-bond acceptors (Lipinski definition) is 4. The Bertz CT molecular complexity index is 1180. The number of nitrogens with zero attached hydrogens (tertiary/aromatic N) is 3. The van der Waals surface area contributed by atoms with Gasteiger partial charge in [0.1, 0.15) is 5.70 Å². The molecule has 0 unspecified atom stereocenters. The summed E-state index contributed by atoms with van der Waals surface area (Å²) in [5.74, 6) is 0.0889. The van der Waals surface area contributed by atoms with Gasteiger partial charge in [-0.2, -0.15) is 10.4 Å². The summed E-state index contributed by atoms with van der Waals surface area (Å²) in [6.07, 6.45) is 3.93. The fourth-order valence-electron chi connectivity index (χ4n) is 3.58. The van der Waals surface area contributed by atoms with Crippen LogP contribution < -0.4 is 0 Å². The molecule has 2 aromatic carbocycles. The van der Waals surface area contributed by atoms with Gasteiger partial charge in [0.25, 0.3) is 0 Å². The standard InChI is InChI=1S/C29H31N3O/c1-19-8-12-21(13-9-19)26(32-31-23-14-10-20(18-30)11-15-23)22-16-24(28(2,3)4)27(33)25(17-22)29(5,6)7/h8-17H,1-7H3. The molecule has 4 heteroatoms. The zero-order valence-corrected chi connectivity index (χ0v) is 20.5. The highest BCUT2D eigenvalue weighted by molar-refractivity contribution is 6.12. The van der Waals surface area contributed by atoms with Gasteiger partial charge in [0.05, 0.1) is 17.3 Å². The average molecular weight is 438 g/mol. The zero-order chi connectivity index (χ0) is 24.4. The first-order chi connectivity index (χ1) is 15.4. The van der Waals surface area contributed by atoms with Gasteiger partial charge in [-0.05, 0) is 54.2 Å². The molecule has 0 radical (unpaired) electrons. The van der Waals surface area contributed by atoms with Crippen molar-refractivity contribution >= 4 is 17.2 Å². The summed E-state index contributed by atoms with van der Waals surface area (Å²) >= 11 is 0. The SMILES string of the molecule is Cc1ccc(C(N=Nc2ccc(C#N)cc2)=C2C=C(C(C)(C)C)C(=O)C(C(C)(C)C)=C2)cc1. The van der Waals surface area contributed by atoms with Crippen LogP contribution in [0.4, 0.5) is 5.69 Å². The predicted octanol–water partition coefficient (Wildman–Crippen LogP) is 7.89. The fraction of sp³-hybridized carbons (Fsp3) is 0.310. The van der Waals surface area contributed by atoms with Crippen LogP contribution in [0.1, 0.15) is 58.2 Å². The number of ketones is 1. The lowest BCUT2D eigenvalue weighted by Crippen LogP contribution is -2.28. The Morgan fingerprint density at radius 1 is 0.818 bits per heavy atom. The van der Waals surface area contributed by atoms with E-state index in [0.717, 1.165) is 27.8 Å². The lowest BCUT2D eigenvalue weighted by Gasteiger charge is -2.31. The molecule has 1 aliphatic carbocycles. The summed E-state index contributed by atoms with van der Waals surface area (Å²) in [5.41, 5.74) is 5.80. The number of allylic oxidation sites excluding steroid dienone is 5. The van der Waals surface area contributed by atoms with Gasteiger partial charge in [0, 0.05) is 22.3 Å². The molecule has 0 atom stereocenters. The molecule has 0 spiro atoms. The highest BCUT2D eigenvalue weighted by atomic mass is 16.1. The van der Waals surface area contributed by atoms with Crippen molar-refractivity contribution < 1.29 is 4.79 Å². The number of rotatable bonds is 3. The van der Waals surface area contributed by atoms with Gasteiger partial charge in [-0.1, -0.05) is 71.4 Å². The first-order valence-corrected chi connectivity index (χ1v) is 11.1. The monoisotopic (exact) mass is 437 g/mol. The zero-order valence-electron chi connectivity index (χ0n) is 20.5. The molecule has 33 heavy (non-hydrogen) atoms. The molecule has 0 aromatic heterocycles. The van der Waals surface area contributed by atoms with Gasteiger partial charge in [-0.3, -0.25) is 4.79 Å². The number of carbonyl (C=O) groups is 1. The topological polar surface area (TPSA) is 65.6 Å². The molecule has 4 nitrogen and oxygen atoms in total. The van der Waals surface area contributed by atoms with Crippen LogP contribution in [0, 0.1) is 29.1 Å². The van der Waals surface area contributed by atoms with Crippen molar-refractivity contribution in [2.75, 3.05) is 0 Å². The molecule has 0 saturated heterocycles. The molecule has 0 heterocycles. The molecule has 3 rings (SSSR count). The number of hydrogen-bond donors (Lipinski definition) is 0. The van der Waals surface area contributed by atoms with Gasteiger partial charge < -0.3 is 0 Å². The van der Waals surface area contributed by atoms with E-state index in [2.05, 4.69) is 57.8 Å². The maximum Gasteiger partial charge on any atom is 0.186 e. The number of nitriles is 1.